The molecular weight excluding hydrogens is 218 g/mol. The van der Waals surface area contributed by atoms with E-state index in [4.69, 9.17) is 0 Å². The van der Waals surface area contributed by atoms with E-state index in [-0.39, 0.29) is 11.7 Å². The van der Waals surface area contributed by atoms with Crippen molar-refractivity contribution in [3.05, 3.63) is 0 Å². The SMILES string of the molecule is CC1CN(C(=O)CS(C)(=O)=O)CCC1=O. The molecule has 1 atom stereocenters. The predicted octanol–water partition coefficient (Wildman–Crippen LogP) is -0.531. The van der Waals surface area contributed by atoms with Gasteiger partial charge in [0.1, 0.15) is 11.5 Å². The Kier molecular flexibility index (Phi) is 3.49. The highest BCUT2D eigenvalue weighted by molar-refractivity contribution is 7.91. The lowest BCUT2D eigenvalue weighted by Crippen LogP contribution is -2.45. The van der Waals surface area contributed by atoms with Crippen molar-refractivity contribution in [1.82, 2.24) is 4.90 Å². The second-order valence-corrected chi connectivity index (χ2v) is 6.17. The Bertz CT molecular complexity index is 374. The fourth-order valence-electron chi connectivity index (χ4n) is 1.56. The minimum Gasteiger partial charge on any atom is -0.341 e. The number of rotatable bonds is 2. The highest BCUT2D eigenvalue weighted by Crippen LogP contribution is 2.12. The van der Waals surface area contributed by atoms with Crippen LogP contribution in [-0.2, 0) is 19.4 Å². The Morgan fingerprint density at radius 1 is 1.53 bits per heavy atom. The number of sulfone groups is 1. The molecule has 1 fully saturated rings. The number of amides is 1. The van der Waals surface area contributed by atoms with Gasteiger partial charge in [0, 0.05) is 31.7 Å². The molecule has 5 nitrogen and oxygen atoms in total. The molecule has 1 unspecified atom stereocenters. The molecule has 0 bridgehead atoms. The quantitative estimate of drug-likeness (QED) is 0.642. The maximum absolute atomic E-state index is 11.5. The molecule has 1 aliphatic rings. The van der Waals surface area contributed by atoms with E-state index in [0.717, 1.165) is 6.26 Å². The molecule has 86 valence electrons. The highest BCUT2D eigenvalue weighted by atomic mass is 32.2. The summed E-state index contributed by atoms with van der Waals surface area (Å²) in [6, 6.07) is 0. The highest BCUT2D eigenvalue weighted by Gasteiger charge is 2.27. The van der Waals surface area contributed by atoms with Gasteiger partial charge in [0.05, 0.1) is 0 Å². The number of nitrogens with zero attached hydrogens (tertiary/aromatic N) is 1. The molecule has 0 aromatic carbocycles. The lowest BCUT2D eigenvalue weighted by molar-refractivity contribution is -0.134. The van der Waals surface area contributed by atoms with Crippen molar-refractivity contribution in [1.29, 1.82) is 0 Å². The third-order valence-corrected chi connectivity index (χ3v) is 3.18. The maximum Gasteiger partial charge on any atom is 0.237 e. The van der Waals surface area contributed by atoms with Crippen molar-refractivity contribution >= 4 is 21.5 Å². The zero-order chi connectivity index (χ0) is 11.6. The molecule has 0 aromatic rings. The first kappa shape index (κ1) is 12.2. The van der Waals surface area contributed by atoms with Crippen LogP contribution < -0.4 is 0 Å². The van der Waals surface area contributed by atoms with E-state index in [9.17, 15) is 18.0 Å². The third kappa shape index (κ3) is 3.62. The predicted molar refractivity (Wildman–Crippen MR) is 55.1 cm³/mol. The first-order chi connectivity index (χ1) is 6.79. The van der Waals surface area contributed by atoms with Crippen LogP contribution in [0.25, 0.3) is 0 Å². The van der Waals surface area contributed by atoms with Crippen molar-refractivity contribution in [3.8, 4) is 0 Å². The molecular formula is C9H15NO4S. The summed E-state index contributed by atoms with van der Waals surface area (Å²) in [6.07, 6.45) is 1.36. The summed E-state index contributed by atoms with van der Waals surface area (Å²) < 4.78 is 21.8. The van der Waals surface area contributed by atoms with Gasteiger partial charge in [-0.1, -0.05) is 6.92 Å². The number of likely N-dealkylation sites (tertiary alicyclic amines) is 1. The largest absolute Gasteiger partial charge is 0.341 e. The zero-order valence-electron chi connectivity index (χ0n) is 8.89. The van der Waals surface area contributed by atoms with E-state index in [2.05, 4.69) is 0 Å². The summed E-state index contributed by atoms with van der Waals surface area (Å²) in [5.41, 5.74) is 0. The van der Waals surface area contributed by atoms with Gasteiger partial charge in [-0.05, 0) is 0 Å². The minimum atomic E-state index is -3.28. The molecule has 0 aromatic heterocycles. The summed E-state index contributed by atoms with van der Waals surface area (Å²) in [4.78, 5) is 24.1. The summed E-state index contributed by atoms with van der Waals surface area (Å²) in [5, 5.41) is 0. The van der Waals surface area contributed by atoms with Crippen LogP contribution in [0.2, 0.25) is 0 Å². The molecule has 0 aliphatic carbocycles. The third-order valence-electron chi connectivity index (χ3n) is 2.41. The summed E-state index contributed by atoms with van der Waals surface area (Å²) >= 11 is 0. The smallest absolute Gasteiger partial charge is 0.237 e. The van der Waals surface area contributed by atoms with Crippen LogP contribution >= 0.6 is 0 Å². The monoisotopic (exact) mass is 233 g/mol. The van der Waals surface area contributed by atoms with Gasteiger partial charge >= 0.3 is 0 Å². The van der Waals surface area contributed by atoms with Gasteiger partial charge in [-0.2, -0.15) is 0 Å². The molecule has 1 heterocycles. The van der Waals surface area contributed by atoms with Gasteiger partial charge in [0.25, 0.3) is 0 Å². The van der Waals surface area contributed by atoms with Crippen molar-refractivity contribution in [2.45, 2.75) is 13.3 Å². The standard InChI is InChI=1S/C9H15NO4S/c1-7-5-10(4-3-8(7)11)9(12)6-15(2,13)14/h7H,3-6H2,1-2H3. The number of hydrogen-bond acceptors (Lipinski definition) is 4. The first-order valence-corrected chi connectivity index (χ1v) is 6.84. The Morgan fingerprint density at radius 2 is 2.13 bits per heavy atom. The van der Waals surface area contributed by atoms with Crippen LogP contribution in [0, 0.1) is 5.92 Å². The Labute approximate surface area is 89.4 Å². The van der Waals surface area contributed by atoms with Gasteiger partial charge in [0.15, 0.2) is 9.84 Å². The van der Waals surface area contributed by atoms with E-state index in [1.54, 1.807) is 6.92 Å². The fraction of sp³-hybridized carbons (Fsp3) is 0.778. The van der Waals surface area contributed by atoms with Crippen LogP contribution in [0.3, 0.4) is 0 Å². The number of piperidine rings is 1. The molecule has 0 spiro atoms. The first-order valence-electron chi connectivity index (χ1n) is 4.78. The van der Waals surface area contributed by atoms with E-state index >= 15 is 0 Å². The van der Waals surface area contributed by atoms with Crippen molar-refractivity contribution < 1.29 is 18.0 Å². The number of Topliss-reactive ketones (excluding diaryl/α,β-unsaturated/α-hetero) is 1. The normalized spacial score (nSPS) is 22.9. The fourth-order valence-corrected chi connectivity index (χ4v) is 2.19. The van der Waals surface area contributed by atoms with Crippen molar-refractivity contribution in [3.63, 3.8) is 0 Å². The van der Waals surface area contributed by atoms with Gasteiger partial charge in [-0.25, -0.2) is 8.42 Å². The molecule has 6 heteroatoms. The molecule has 0 N–H and O–H groups in total. The summed E-state index contributed by atoms with van der Waals surface area (Å²) in [6.45, 7) is 2.44. The van der Waals surface area contributed by atoms with Crippen LogP contribution in [0.15, 0.2) is 0 Å². The van der Waals surface area contributed by atoms with Crippen LogP contribution in [-0.4, -0.2) is 50.1 Å². The van der Waals surface area contributed by atoms with Gasteiger partial charge in [-0.15, -0.1) is 0 Å². The second kappa shape index (κ2) is 4.30. The average Bonchev–Trinajstić information content (AvgIpc) is 2.06. The second-order valence-electron chi connectivity index (χ2n) is 4.03. The van der Waals surface area contributed by atoms with E-state index < -0.39 is 21.5 Å². The number of carbonyl (C=O) groups excluding carboxylic acids is 2. The summed E-state index contributed by atoms with van der Waals surface area (Å²) in [7, 11) is -3.28. The average molecular weight is 233 g/mol. The van der Waals surface area contributed by atoms with Gasteiger partial charge < -0.3 is 4.90 Å². The molecule has 1 aliphatic heterocycles. The lowest BCUT2D eigenvalue weighted by atomic mass is 9.99. The molecule has 1 amide bonds. The van der Waals surface area contributed by atoms with Crippen LogP contribution in [0.1, 0.15) is 13.3 Å². The van der Waals surface area contributed by atoms with E-state index in [1.165, 1.54) is 4.90 Å². The Hall–Kier alpha value is -0.910. The minimum absolute atomic E-state index is 0.137. The number of hydrogen-bond donors (Lipinski definition) is 0. The molecule has 15 heavy (non-hydrogen) atoms. The van der Waals surface area contributed by atoms with E-state index in [0.29, 0.717) is 19.5 Å². The van der Waals surface area contributed by atoms with Gasteiger partial charge in [0.2, 0.25) is 5.91 Å². The molecule has 0 saturated carbocycles. The van der Waals surface area contributed by atoms with E-state index in [1.807, 2.05) is 0 Å². The van der Waals surface area contributed by atoms with Crippen LogP contribution in [0.5, 0.6) is 0 Å². The summed E-state index contributed by atoms with van der Waals surface area (Å²) in [5.74, 6) is -0.911. The number of carbonyl (C=O) groups is 2. The topological polar surface area (TPSA) is 71.5 Å². The molecule has 1 saturated heterocycles. The Morgan fingerprint density at radius 3 is 2.60 bits per heavy atom. The molecule has 0 radical (unpaired) electrons. The zero-order valence-corrected chi connectivity index (χ0v) is 9.71. The number of ketones is 1. The lowest BCUT2D eigenvalue weighted by Gasteiger charge is -2.29. The van der Waals surface area contributed by atoms with Gasteiger partial charge in [-0.3, -0.25) is 9.59 Å². The maximum atomic E-state index is 11.5. The van der Waals surface area contributed by atoms with Crippen molar-refractivity contribution in [2.24, 2.45) is 5.92 Å². The molecule has 1 rings (SSSR count). The van der Waals surface area contributed by atoms with Crippen molar-refractivity contribution in [2.75, 3.05) is 25.1 Å². The van der Waals surface area contributed by atoms with Crippen LogP contribution in [0.4, 0.5) is 0 Å². The Balaban J connectivity index is 2.59.